The first-order valence-corrected chi connectivity index (χ1v) is 6.40. The highest BCUT2D eigenvalue weighted by atomic mass is 16.5. The molecule has 1 aromatic heterocycles. The van der Waals surface area contributed by atoms with Crippen molar-refractivity contribution in [3.63, 3.8) is 0 Å². The van der Waals surface area contributed by atoms with E-state index in [4.69, 9.17) is 9.15 Å². The van der Waals surface area contributed by atoms with Crippen LogP contribution in [-0.4, -0.2) is 37.4 Å². The summed E-state index contributed by atoms with van der Waals surface area (Å²) in [5.41, 5.74) is 0. The van der Waals surface area contributed by atoms with Gasteiger partial charge in [-0.1, -0.05) is 13.8 Å². The summed E-state index contributed by atoms with van der Waals surface area (Å²) in [5, 5.41) is 14.9. The molecule has 0 bridgehead atoms. The summed E-state index contributed by atoms with van der Waals surface area (Å²) in [7, 11) is 0. The molecule has 1 rings (SSSR count). The largest absolute Gasteiger partial charge is 0.467 e. The highest BCUT2D eigenvalue weighted by molar-refractivity contribution is 5.73. The lowest BCUT2D eigenvalue weighted by Gasteiger charge is -2.11. The van der Waals surface area contributed by atoms with Gasteiger partial charge in [0.1, 0.15) is 11.9 Å². The van der Waals surface area contributed by atoms with Gasteiger partial charge in [-0.05, 0) is 18.1 Å². The average Bonchev–Trinajstić information content (AvgIpc) is 2.89. The van der Waals surface area contributed by atoms with Gasteiger partial charge in [0.05, 0.1) is 19.4 Å². The molecule has 0 aliphatic carbocycles. The minimum Gasteiger partial charge on any atom is -0.467 e. The van der Waals surface area contributed by atoms with Crippen molar-refractivity contribution in [2.75, 3.05) is 26.3 Å². The fraction of sp³-hybridized carbons (Fsp3) is 0.615. The number of carbonyl (C=O) groups excluding carboxylic acids is 1. The summed E-state index contributed by atoms with van der Waals surface area (Å²) in [4.78, 5) is 11.4. The number of carbonyl (C=O) groups is 1. The van der Waals surface area contributed by atoms with Crippen molar-refractivity contribution in [1.82, 2.24) is 10.6 Å². The van der Waals surface area contributed by atoms with E-state index >= 15 is 0 Å². The first kappa shape index (κ1) is 15.5. The van der Waals surface area contributed by atoms with Crippen molar-refractivity contribution in [3.8, 4) is 0 Å². The van der Waals surface area contributed by atoms with Crippen LogP contribution >= 0.6 is 0 Å². The summed E-state index contributed by atoms with van der Waals surface area (Å²) in [6, 6.07) is 3.01. The maximum Gasteiger partial charge on any atom is 0.314 e. The van der Waals surface area contributed by atoms with Crippen LogP contribution in [0.1, 0.15) is 25.7 Å². The van der Waals surface area contributed by atoms with E-state index in [-0.39, 0.29) is 12.6 Å². The zero-order valence-electron chi connectivity index (χ0n) is 11.4. The Hall–Kier alpha value is -1.53. The third kappa shape index (κ3) is 6.83. The topological polar surface area (TPSA) is 83.7 Å². The second kappa shape index (κ2) is 8.55. The highest BCUT2D eigenvalue weighted by Gasteiger charge is 2.11. The van der Waals surface area contributed by atoms with Crippen molar-refractivity contribution in [3.05, 3.63) is 24.2 Å². The number of aliphatic hydroxyl groups is 1. The van der Waals surface area contributed by atoms with Crippen LogP contribution in [0.3, 0.4) is 0 Å². The molecule has 0 aliphatic rings. The molecular weight excluding hydrogens is 248 g/mol. The van der Waals surface area contributed by atoms with E-state index < -0.39 is 6.10 Å². The van der Waals surface area contributed by atoms with Crippen LogP contribution in [0.5, 0.6) is 0 Å². The van der Waals surface area contributed by atoms with Crippen LogP contribution < -0.4 is 10.6 Å². The number of rotatable bonds is 8. The van der Waals surface area contributed by atoms with Gasteiger partial charge in [0.25, 0.3) is 0 Å². The number of amides is 2. The molecular formula is C13H22N2O4. The molecule has 1 unspecified atom stereocenters. The number of hydrogen-bond donors (Lipinski definition) is 3. The van der Waals surface area contributed by atoms with Gasteiger partial charge in [0.2, 0.25) is 0 Å². The summed E-state index contributed by atoms with van der Waals surface area (Å²) in [6.07, 6.45) is 0.642. The van der Waals surface area contributed by atoms with E-state index in [9.17, 15) is 9.90 Å². The van der Waals surface area contributed by atoms with Crippen molar-refractivity contribution < 1.29 is 19.1 Å². The Labute approximate surface area is 113 Å². The summed E-state index contributed by atoms with van der Waals surface area (Å²) in [5.74, 6) is 0.915. The Morgan fingerprint density at radius 1 is 1.47 bits per heavy atom. The van der Waals surface area contributed by atoms with E-state index in [2.05, 4.69) is 24.5 Å². The van der Waals surface area contributed by atoms with E-state index in [0.717, 1.165) is 0 Å². The van der Waals surface area contributed by atoms with Gasteiger partial charge in [-0.25, -0.2) is 4.79 Å². The molecule has 6 nitrogen and oxygen atoms in total. The number of hydrogen-bond acceptors (Lipinski definition) is 4. The Bertz CT molecular complexity index is 352. The van der Waals surface area contributed by atoms with Gasteiger partial charge in [-0.2, -0.15) is 0 Å². The van der Waals surface area contributed by atoms with Gasteiger partial charge in [0.15, 0.2) is 0 Å². The molecule has 0 saturated carbocycles. The van der Waals surface area contributed by atoms with Gasteiger partial charge >= 0.3 is 6.03 Å². The minimum absolute atomic E-state index is 0.103. The first-order valence-electron chi connectivity index (χ1n) is 6.40. The van der Waals surface area contributed by atoms with E-state index in [1.807, 2.05) is 0 Å². The first-order chi connectivity index (χ1) is 9.09. The monoisotopic (exact) mass is 270 g/mol. The number of furan rings is 1. The normalized spacial score (nSPS) is 12.4. The second-order valence-electron chi connectivity index (χ2n) is 4.64. The molecule has 1 aromatic rings. The molecule has 0 aromatic carbocycles. The van der Waals surface area contributed by atoms with Gasteiger partial charge in [0, 0.05) is 13.2 Å². The van der Waals surface area contributed by atoms with Crippen LogP contribution in [-0.2, 0) is 4.74 Å². The fourth-order valence-electron chi connectivity index (χ4n) is 1.39. The Kier molecular flexibility index (Phi) is 6.99. The number of aliphatic hydroxyl groups excluding tert-OH is 1. The molecule has 0 radical (unpaired) electrons. The molecule has 108 valence electrons. The number of nitrogens with one attached hydrogen (secondary N) is 2. The highest BCUT2D eigenvalue weighted by Crippen LogP contribution is 2.11. The minimum atomic E-state index is -0.835. The van der Waals surface area contributed by atoms with Crippen LogP contribution in [0.4, 0.5) is 4.79 Å². The van der Waals surface area contributed by atoms with Crippen LogP contribution in [0.2, 0.25) is 0 Å². The van der Waals surface area contributed by atoms with Crippen molar-refractivity contribution in [2.24, 2.45) is 5.92 Å². The zero-order chi connectivity index (χ0) is 14.1. The molecule has 6 heteroatoms. The van der Waals surface area contributed by atoms with E-state index in [1.165, 1.54) is 6.26 Å². The second-order valence-corrected chi connectivity index (χ2v) is 4.64. The summed E-state index contributed by atoms with van der Waals surface area (Å²) in [6.45, 7) is 5.83. The lowest BCUT2D eigenvalue weighted by atomic mass is 10.2. The third-order valence-corrected chi connectivity index (χ3v) is 2.31. The molecule has 2 amide bonds. The quantitative estimate of drug-likeness (QED) is 0.621. The van der Waals surface area contributed by atoms with Crippen molar-refractivity contribution in [1.29, 1.82) is 0 Å². The predicted octanol–water partition coefficient (Wildman–Crippen LogP) is 1.28. The fourth-order valence-corrected chi connectivity index (χ4v) is 1.39. The third-order valence-electron chi connectivity index (χ3n) is 2.31. The van der Waals surface area contributed by atoms with Gasteiger partial charge < -0.3 is 24.9 Å². The Morgan fingerprint density at radius 2 is 2.26 bits per heavy atom. The molecule has 1 atom stereocenters. The maximum atomic E-state index is 11.4. The van der Waals surface area contributed by atoms with Crippen molar-refractivity contribution in [2.45, 2.75) is 20.0 Å². The van der Waals surface area contributed by atoms with Crippen LogP contribution in [0.15, 0.2) is 22.8 Å². The Morgan fingerprint density at radius 3 is 2.89 bits per heavy atom. The van der Waals surface area contributed by atoms with Crippen LogP contribution in [0, 0.1) is 5.92 Å². The summed E-state index contributed by atoms with van der Waals surface area (Å²) < 4.78 is 10.3. The van der Waals surface area contributed by atoms with Crippen LogP contribution in [0.25, 0.3) is 0 Å². The molecule has 0 aliphatic heterocycles. The maximum absolute atomic E-state index is 11.4. The average molecular weight is 270 g/mol. The Balaban J connectivity index is 2.05. The molecule has 0 saturated heterocycles. The lowest BCUT2D eigenvalue weighted by Crippen LogP contribution is -2.39. The number of urea groups is 1. The molecule has 0 spiro atoms. The van der Waals surface area contributed by atoms with Gasteiger partial charge in [-0.3, -0.25) is 0 Å². The van der Waals surface area contributed by atoms with E-state index in [1.54, 1.807) is 12.1 Å². The number of ether oxygens (including phenoxy) is 1. The molecule has 1 heterocycles. The smallest absolute Gasteiger partial charge is 0.314 e. The summed E-state index contributed by atoms with van der Waals surface area (Å²) >= 11 is 0. The standard InChI is InChI=1S/C13H22N2O4/c1-10(2)9-18-7-5-14-13(17)15-8-11(16)12-4-3-6-19-12/h3-4,6,10-11,16H,5,7-9H2,1-2H3,(H2,14,15,17). The molecule has 19 heavy (non-hydrogen) atoms. The van der Waals surface area contributed by atoms with Gasteiger partial charge in [-0.15, -0.1) is 0 Å². The molecule has 0 fully saturated rings. The predicted molar refractivity (Wildman–Crippen MR) is 70.7 cm³/mol. The van der Waals surface area contributed by atoms with Crippen molar-refractivity contribution >= 4 is 6.03 Å². The molecule has 3 N–H and O–H groups in total. The zero-order valence-corrected chi connectivity index (χ0v) is 11.4. The SMILES string of the molecule is CC(C)COCCNC(=O)NCC(O)c1ccco1. The van der Waals surface area contributed by atoms with E-state index in [0.29, 0.717) is 31.4 Å². The lowest BCUT2D eigenvalue weighted by molar-refractivity contribution is 0.112.